The van der Waals surface area contributed by atoms with Crippen molar-refractivity contribution in [1.29, 1.82) is 0 Å². The van der Waals surface area contributed by atoms with E-state index in [1.54, 1.807) is 0 Å². The van der Waals surface area contributed by atoms with Crippen molar-refractivity contribution in [3.05, 3.63) is 16.7 Å². The summed E-state index contributed by atoms with van der Waals surface area (Å²) in [5.74, 6) is 0. The minimum Gasteiger partial charge on any atom is -0.360 e. The van der Waals surface area contributed by atoms with Gasteiger partial charge in [-0.25, -0.2) is 0 Å². The molecule has 1 aromatic rings. The summed E-state index contributed by atoms with van der Waals surface area (Å²) >= 11 is 3.44. The third-order valence-electron chi connectivity index (χ3n) is 1.52. The van der Waals surface area contributed by atoms with Crippen LogP contribution in [0.4, 0.5) is 0 Å². The minimum absolute atomic E-state index is 1.05. The Morgan fingerprint density at radius 2 is 2.44 bits per heavy atom. The summed E-state index contributed by atoms with van der Waals surface area (Å²) in [5, 5.41) is 0. The molecule has 0 saturated heterocycles. The predicted molar refractivity (Wildman–Crippen MR) is 46.0 cm³/mol. The molecule has 0 amide bonds. The molecule has 0 atom stereocenters. The number of hydrogen-bond donors (Lipinski definition) is 0. The molecular weight excluding hydrogens is 177 g/mol. The molecular formula is C6H9BBrN. The molecule has 1 heterocycles. The second kappa shape index (κ2) is 2.61. The van der Waals surface area contributed by atoms with E-state index < -0.39 is 0 Å². The Morgan fingerprint density at radius 1 is 1.78 bits per heavy atom. The molecule has 9 heavy (non-hydrogen) atoms. The Balaban J connectivity index is 3.04. The van der Waals surface area contributed by atoms with Gasteiger partial charge in [0.25, 0.3) is 0 Å². The maximum Gasteiger partial charge on any atom is 0.162 e. The number of nitrogens with zero attached hydrogens (tertiary/aromatic N) is 1. The van der Waals surface area contributed by atoms with Crippen LogP contribution in [0.5, 0.6) is 0 Å². The molecule has 0 aliphatic heterocycles. The van der Waals surface area contributed by atoms with Crippen molar-refractivity contribution >= 4 is 29.4 Å². The zero-order valence-electron chi connectivity index (χ0n) is 5.69. The molecule has 48 valence electrons. The lowest BCUT2D eigenvalue weighted by Gasteiger charge is -1.99. The highest BCUT2D eigenvalue weighted by molar-refractivity contribution is 9.10. The molecule has 0 spiro atoms. The standard InChI is InChI=1S/C6H9BBrN/c1-2-9-4-3-5(8)6(9)7/h3-4H,2,7H2,1H3. The van der Waals surface area contributed by atoms with Gasteiger partial charge in [0.1, 0.15) is 0 Å². The first-order chi connectivity index (χ1) is 4.25. The van der Waals surface area contributed by atoms with Gasteiger partial charge < -0.3 is 4.57 Å². The van der Waals surface area contributed by atoms with E-state index in [2.05, 4.69) is 47.5 Å². The summed E-state index contributed by atoms with van der Waals surface area (Å²) in [7, 11) is 2.10. The SMILES string of the molecule is Bc1c(Br)ccn1CC. The van der Waals surface area contributed by atoms with E-state index in [9.17, 15) is 0 Å². The van der Waals surface area contributed by atoms with E-state index >= 15 is 0 Å². The van der Waals surface area contributed by atoms with E-state index in [0.717, 1.165) is 6.54 Å². The molecule has 0 aliphatic carbocycles. The van der Waals surface area contributed by atoms with Crippen LogP contribution >= 0.6 is 15.9 Å². The fourth-order valence-corrected chi connectivity index (χ4v) is 1.21. The van der Waals surface area contributed by atoms with Crippen LogP contribution in [-0.2, 0) is 6.54 Å². The molecule has 0 N–H and O–H groups in total. The van der Waals surface area contributed by atoms with Crippen molar-refractivity contribution in [2.45, 2.75) is 13.5 Å². The molecule has 0 radical (unpaired) electrons. The van der Waals surface area contributed by atoms with Crippen LogP contribution in [0.15, 0.2) is 16.7 Å². The summed E-state index contributed by atoms with van der Waals surface area (Å²) in [4.78, 5) is 0. The number of halogens is 1. The number of hydrogen-bond acceptors (Lipinski definition) is 0. The topological polar surface area (TPSA) is 4.93 Å². The van der Waals surface area contributed by atoms with Crippen molar-refractivity contribution in [1.82, 2.24) is 4.57 Å². The van der Waals surface area contributed by atoms with Crippen molar-refractivity contribution in [2.75, 3.05) is 0 Å². The molecule has 1 rings (SSSR count). The minimum atomic E-state index is 1.05. The van der Waals surface area contributed by atoms with Crippen molar-refractivity contribution in [2.24, 2.45) is 0 Å². The third kappa shape index (κ3) is 1.21. The number of aromatic nitrogens is 1. The van der Waals surface area contributed by atoms with Gasteiger partial charge in [0.2, 0.25) is 0 Å². The van der Waals surface area contributed by atoms with Crippen molar-refractivity contribution < 1.29 is 0 Å². The van der Waals surface area contributed by atoms with Gasteiger partial charge in [-0.1, -0.05) is 0 Å². The van der Waals surface area contributed by atoms with Crippen molar-refractivity contribution in [3.63, 3.8) is 0 Å². The average molecular weight is 186 g/mol. The second-order valence-electron chi connectivity index (χ2n) is 2.04. The first-order valence-electron chi connectivity index (χ1n) is 3.07. The summed E-state index contributed by atoms with van der Waals surface area (Å²) in [6.07, 6.45) is 2.08. The van der Waals surface area contributed by atoms with Crippen LogP contribution in [0.3, 0.4) is 0 Å². The van der Waals surface area contributed by atoms with Crippen LogP contribution in [0.25, 0.3) is 0 Å². The molecule has 0 unspecified atom stereocenters. The van der Waals surface area contributed by atoms with E-state index in [-0.39, 0.29) is 0 Å². The van der Waals surface area contributed by atoms with E-state index in [0.29, 0.717) is 0 Å². The highest BCUT2D eigenvalue weighted by atomic mass is 79.9. The molecule has 1 aromatic heterocycles. The van der Waals surface area contributed by atoms with Gasteiger partial charge in [0.05, 0.1) is 0 Å². The quantitative estimate of drug-likeness (QED) is 0.563. The molecule has 3 heteroatoms. The maximum atomic E-state index is 3.44. The summed E-state index contributed by atoms with van der Waals surface area (Å²) < 4.78 is 3.40. The van der Waals surface area contributed by atoms with E-state index in [1.165, 1.54) is 10.1 Å². The lowest BCUT2D eigenvalue weighted by atomic mass is 10.1. The highest BCUT2D eigenvalue weighted by Crippen LogP contribution is 2.04. The third-order valence-corrected chi connectivity index (χ3v) is 2.36. The van der Waals surface area contributed by atoms with Gasteiger partial charge in [-0.3, -0.25) is 0 Å². The Kier molecular flexibility index (Phi) is 2.01. The lowest BCUT2D eigenvalue weighted by molar-refractivity contribution is 0.789. The van der Waals surface area contributed by atoms with Crippen LogP contribution in [0, 0.1) is 0 Å². The average Bonchev–Trinajstić information content (AvgIpc) is 2.15. The monoisotopic (exact) mass is 185 g/mol. The summed E-state index contributed by atoms with van der Waals surface area (Å²) in [6.45, 7) is 3.19. The molecule has 0 saturated carbocycles. The predicted octanol–water partition coefficient (Wildman–Crippen LogP) is 0.529. The number of aryl methyl sites for hydroxylation is 1. The largest absolute Gasteiger partial charge is 0.360 e. The van der Waals surface area contributed by atoms with Gasteiger partial charge in [0.15, 0.2) is 7.85 Å². The molecule has 1 nitrogen and oxygen atoms in total. The van der Waals surface area contributed by atoms with Gasteiger partial charge in [-0.15, -0.1) is 0 Å². The normalized spacial score (nSPS) is 10.0. The Bertz CT molecular complexity index is 207. The zero-order valence-corrected chi connectivity index (χ0v) is 7.27. The van der Waals surface area contributed by atoms with Gasteiger partial charge in [-0.05, 0) is 34.5 Å². The summed E-state index contributed by atoms with van der Waals surface area (Å²) in [5.41, 5.74) is 1.30. The lowest BCUT2D eigenvalue weighted by Crippen LogP contribution is -2.15. The second-order valence-corrected chi connectivity index (χ2v) is 2.89. The van der Waals surface area contributed by atoms with Crippen LogP contribution in [-0.4, -0.2) is 12.4 Å². The molecule has 0 aliphatic rings. The van der Waals surface area contributed by atoms with Crippen LogP contribution in [0.1, 0.15) is 6.92 Å². The van der Waals surface area contributed by atoms with Crippen LogP contribution < -0.4 is 5.59 Å². The Labute approximate surface area is 64.6 Å². The molecule has 0 bridgehead atoms. The van der Waals surface area contributed by atoms with Gasteiger partial charge >= 0.3 is 0 Å². The van der Waals surface area contributed by atoms with Gasteiger partial charge in [-0.2, -0.15) is 0 Å². The first-order valence-corrected chi connectivity index (χ1v) is 3.86. The first kappa shape index (κ1) is 6.94. The molecule has 0 aromatic carbocycles. The fourth-order valence-electron chi connectivity index (χ4n) is 0.868. The molecule has 0 fully saturated rings. The number of rotatable bonds is 1. The van der Waals surface area contributed by atoms with E-state index in [4.69, 9.17) is 0 Å². The fraction of sp³-hybridized carbons (Fsp3) is 0.333. The van der Waals surface area contributed by atoms with Crippen molar-refractivity contribution in [3.8, 4) is 0 Å². The Hall–Kier alpha value is -0.175. The smallest absolute Gasteiger partial charge is 0.162 e. The van der Waals surface area contributed by atoms with E-state index in [1.807, 2.05) is 0 Å². The maximum absolute atomic E-state index is 3.44. The zero-order chi connectivity index (χ0) is 6.85. The highest BCUT2D eigenvalue weighted by Gasteiger charge is 1.96. The Morgan fingerprint density at radius 3 is 2.67 bits per heavy atom. The van der Waals surface area contributed by atoms with Crippen LogP contribution in [0.2, 0.25) is 0 Å². The summed E-state index contributed by atoms with van der Waals surface area (Å²) in [6, 6.07) is 2.07. The van der Waals surface area contributed by atoms with Gasteiger partial charge in [0, 0.05) is 17.2 Å².